The second-order valence-corrected chi connectivity index (χ2v) is 4.80. The van der Waals surface area contributed by atoms with Crippen LogP contribution < -0.4 is 17.0 Å². The van der Waals surface area contributed by atoms with Crippen molar-refractivity contribution >= 4 is 5.91 Å². The molecule has 1 amide bonds. The molecular formula is C13H20N4O. The summed E-state index contributed by atoms with van der Waals surface area (Å²) in [6, 6.07) is 8.25. The highest BCUT2D eigenvalue weighted by atomic mass is 16.2. The number of nitrogens with one attached hydrogen (secondary N) is 1. The summed E-state index contributed by atoms with van der Waals surface area (Å²) in [6.07, 6.45) is 1.37. The van der Waals surface area contributed by atoms with E-state index in [0.29, 0.717) is 6.42 Å². The number of carbonyl (C=O) groups excluding carboxylic acids is 1. The van der Waals surface area contributed by atoms with E-state index in [2.05, 4.69) is 16.4 Å². The highest BCUT2D eigenvalue weighted by Gasteiger charge is 2.19. The zero-order chi connectivity index (χ0) is 13.0. The average molecular weight is 248 g/mol. The monoisotopic (exact) mass is 248 g/mol. The number of nitrogens with zero attached hydrogens (tertiary/aromatic N) is 1. The van der Waals surface area contributed by atoms with Crippen LogP contribution in [0.15, 0.2) is 24.3 Å². The van der Waals surface area contributed by atoms with Crippen LogP contribution in [-0.2, 0) is 17.8 Å². The van der Waals surface area contributed by atoms with E-state index in [1.165, 1.54) is 5.56 Å². The summed E-state index contributed by atoms with van der Waals surface area (Å²) >= 11 is 0. The van der Waals surface area contributed by atoms with Gasteiger partial charge in [0.25, 0.3) is 0 Å². The van der Waals surface area contributed by atoms with Crippen molar-refractivity contribution < 1.29 is 4.79 Å². The minimum atomic E-state index is -0.166. The van der Waals surface area contributed by atoms with Crippen molar-refractivity contribution in [1.82, 2.24) is 10.3 Å². The molecule has 5 N–H and O–H groups in total. The van der Waals surface area contributed by atoms with Crippen LogP contribution in [0.4, 0.5) is 0 Å². The Morgan fingerprint density at radius 1 is 1.39 bits per heavy atom. The van der Waals surface area contributed by atoms with Gasteiger partial charge in [-0.3, -0.25) is 15.1 Å². The van der Waals surface area contributed by atoms with Gasteiger partial charge in [-0.25, -0.2) is 5.84 Å². The second-order valence-electron chi connectivity index (χ2n) is 4.80. The molecule has 1 aromatic carbocycles. The van der Waals surface area contributed by atoms with E-state index in [0.717, 1.165) is 31.6 Å². The number of hydrogen-bond donors (Lipinski definition) is 3. The highest BCUT2D eigenvalue weighted by molar-refractivity contribution is 5.78. The van der Waals surface area contributed by atoms with Crippen LogP contribution in [0.1, 0.15) is 17.5 Å². The molecule has 0 radical (unpaired) electrons. The summed E-state index contributed by atoms with van der Waals surface area (Å²) in [6.45, 7) is 2.80. The van der Waals surface area contributed by atoms with Gasteiger partial charge in [-0.2, -0.15) is 0 Å². The smallest absolute Gasteiger partial charge is 0.238 e. The van der Waals surface area contributed by atoms with E-state index in [1.807, 2.05) is 18.2 Å². The maximum absolute atomic E-state index is 11.4. The minimum absolute atomic E-state index is 0.166. The lowest BCUT2D eigenvalue weighted by atomic mass is 10.0. The van der Waals surface area contributed by atoms with Crippen LogP contribution in [0.25, 0.3) is 0 Å². The summed E-state index contributed by atoms with van der Waals surface area (Å²) in [4.78, 5) is 13.7. The van der Waals surface area contributed by atoms with Gasteiger partial charge in [0, 0.05) is 25.7 Å². The van der Waals surface area contributed by atoms with Gasteiger partial charge in [-0.05, 0) is 17.5 Å². The molecule has 0 saturated carbocycles. The van der Waals surface area contributed by atoms with Gasteiger partial charge in [0.1, 0.15) is 0 Å². The average Bonchev–Trinajstić information content (AvgIpc) is 2.77. The molecule has 98 valence electrons. The molecule has 1 atom stereocenters. The Morgan fingerprint density at radius 2 is 2.11 bits per heavy atom. The van der Waals surface area contributed by atoms with E-state index in [-0.39, 0.29) is 11.9 Å². The van der Waals surface area contributed by atoms with Crippen molar-refractivity contribution in [2.75, 3.05) is 13.1 Å². The fraction of sp³-hybridized carbons (Fsp3) is 0.462. The molecule has 1 unspecified atom stereocenters. The Hall–Kier alpha value is -1.43. The molecule has 1 saturated heterocycles. The van der Waals surface area contributed by atoms with Gasteiger partial charge >= 0.3 is 0 Å². The number of carbonyl (C=O) groups is 1. The predicted octanol–water partition coefficient (Wildman–Crippen LogP) is -0.248. The third kappa shape index (κ3) is 3.29. The number of amides is 1. The van der Waals surface area contributed by atoms with Crippen molar-refractivity contribution in [3.8, 4) is 0 Å². The van der Waals surface area contributed by atoms with Crippen molar-refractivity contribution in [2.24, 2.45) is 11.6 Å². The van der Waals surface area contributed by atoms with E-state index >= 15 is 0 Å². The SMILES string of the molecule is NNC(=O)Cc1ccccc1CN1CCC(N)C1. The number of nitrogens with two attached hydrogens (primary N) is 2. The summed E-state index contributed by atoms with van der Waals surface area (Å²) in [5, 5.41) is 0. The Morgan fingerprint density at radius 3 is 2.72 bits per heavy atom. The fourth-order valence-corrected chi connectivity index (χ4v) is 2.36. The lowest BCUT2D eigenvalue weighted by Gasteiger charge is -2.17. The summed E-state index contributed by atoms with van der Waals surface area (Å²) < 4.78 is 0. The molecule has 1 aromatic rings. The molecule has 1 heterocycles. The van der Waals surface area contributed by atoms with Crippen LogP contribution in [0, 0.1) is 0 Å². The first-order chi connectivity index (χ1) is 8.69. The van der Waals surface area contributed by atoms with Gasteiger partial charge in [0.2, 0.25) is 5.91 Å². The van der Waals surface area contributed by atoms with Crippen molar-refractivity contribution in [3.63, 3.8) is 0 Å². The molecular weight excluding hydrogens is 228 g/mol. The first-order valence-electron chi connectivity index (χ1n) is 6.23. The third-order valence-corrected chi connectivity index (χ3v) is 3.33. The number of hydrogen-bond acceptors (Lipinski definition) is 4. The molecule has 2 rings (SSSR count). The minimum Gasteiger partial charge on any atom is -0.326 e. The van der Waals surface area contributed by atoms with Crippen molar-refractivity contribution in [1.29, 1.82) is 0 Å². The fourth-order valence-electron chi connectivity index (χ4n) is 2.36. The summed E-state index contributed by atoms with van der Waals surface area (Å²) in [5.74, 6) is 4.96. The van der Waals surface area contributed by atoms with E-state index < -0.39 is 0 Å². The number of rotatable bonds is 4. The molecule has 18 heavy (non-hydrogen) atoms. The molecule has 0 aromatic heterocycles. The Bertz CT molecular complexity index is 421. The predicted molar refractivity (Wildman–Crippen MR) is 70.3 cm³/mol. The van der Waals surface area contributed by atoms with Crippen LogP contribution in [0.2, 0.25) is 0 Å². The van der Waals surface area contributed by atoms with Crippen molar-refractivity contribution in [2.45, 2.75) is 25.4 Å². The van der Waals surface area contributed by atoms with Gasteiger partial charge in [0.15, 0.2) is 0 Å². The normalized spacial score (nSPS) is 20.0. The molecule has 5 heteroatoms. The zero-order valence-corrected chi connectivity index (χ0v) is 10.4. The molecule has 1 aliphatic rings. The largest absolute Gasteiger partial charge is 0.326 e. The molecule has 0 spiro atoms. The molecule has 0 bridgehead atoms. The van der Waals surface area contributed by atoms with E-state index in [4.69, 9.17) is 11.6 Å². The van der Waals surface area contributed by atoms with E-state index in [1.54, 1.807) is 0 Å². The summed E-state index contributed by atoms with van der Waals surface area (Å²) in [7, 11) is 0. The Kier molecular flexibility index (Phi) is 4.30. The lowest BCUT2D eigenvalue weighted by Crippen LogP contribution is -2.32. The maximum Gasteiger partial charge on any atom is 0.238 e. The highest BCUT2D eigenvalue weighted by Crippen LogP contribution is 2.16. The van der Waals surface area contributed by atoms with Gasteiger partial charge in [-0.15, -0.1) is 0 Å². The van der Waals surface area contributed by atoms with Crippen LogP contribution >= 0.6 is 0 Å². The first kappa shape index (κ1) is 13.0. The molecule has 1 aliphatic heterocycles. The molecule has 1 fully saturated rings. The van der Waals surface area contributed by atoms with Crippen LogP contribution in [0.5, 0.6) is 0 Å². The summed E-state index contributed by atoms with van der Waals surface area (Å²) in [5.41, 5.74) is 10.3. The lowest BCUT2D eigenvalue weighted by molar-refractivity contribution is -0.120. The third-order valence-electron chi connectivity index (χ3n) is 3.33. The maximum atomic E-state index is 11.4. The van der Waals surface area contributed by atoms with E-state index in [9.17, 15) is 4.79 Å². The first-order valence-corrected chi connectivity index (χ1v) is 6.23. The molecule has 0 aliphatic carbocycles. The topological polar surface area (TPSA) is 84.4 Å². The quantitative estimate of drug-likeness (QED) is 0.390. The molecule has 5 nitrogen and oxygen atoms in total. The zero-order valence-electron chi connectivity index (χ0n) is 10.4. The number of benzene rings is 1. The van der Waals surface area contributed by atoms with Gasteiger partial charge < -0.3 is 5.73 Å². The van der Waals surface area contributed by atoms with Crippen LogP contribution in [-0.4, -0.2) is 29.9 Å². The number of likely N-dealkylation sites (tertiary alicyclic amines) is 1. The number of hydrazine groups is 1. The van der Waals surface area contributed by atoms with Gasteiger partial charge in [0.05, 0.1) is 6.42 Å². The van der Waals surface area contributed by atoms with Crippen molar-refractivity contribution in [3.05, 3.63) is 35.4 Å². The Labute approximate surface area is 107 Å². The second kappa shape index (κ2) is 5.95. The Balaban J connectivity index is 2.05. The standard InChI is InChI=1S/C13H20N4O/c14-12-5-6-17(9-12)8-11-4-2-1-3-10(11)7-13(18)16-15/h1-4,12H,5-9,14-15H2,(H,16,18). The van der Waals surface area contributed by atoms with Gasteiger partial charge in [-0.1, -0.05) is 24.3 Å². The van der Waals surface area contributed by atoms with Crippen LogP contribution in [0.3, 0.4) is 0 Å².